The summed E-state index contributed by atoms with van der Waals surface area (Å²) in [6.07, 6.45) is 7.43. The first kappa shape index (κ1) is 13.8. The molecular formula is C16H23N3. The molecule has 3 heteroatoms. The van der Waals surface area contributed by atoms with Crippen molar-refractivity contribution in [3.8, 4) is 0 Å². The third-order valence-electron chi connectivity index (χ3n) is 3.34. The molecule has 1 aromatic heterocycles. The van der Waals surface area contributed by atoms with Gasteiger partial charge in [0.2, 0.25) is 0 Å². The number of aryl methyl sites for hydroxylation is 1. The number of nitrogens with zero attached hydrogens (tertiary/aromatic N) is 2. The smallest absolute Gasteiger partial charge is 0.0522 e. The lowest BCUT2D eigenvalue weighted by Gasteiger charge is -2.18. The standard InChI is InChI=1S/C16H23N3/c1-3-7-16(15-8-5-4-6-9-15)17-11-10-14-12-18-19(2)13-14/h4-6,8-9,12-13,16-17H,3,7,10-11H2,1-2H3. The Bertz CT molecular complexity index is 476. The van der Waals surface area contributed by atoms with Gasteiger partial charge in [-0.05, 0) is 30.5 Å². The minimum Gasteiger partial charge on any atom is -0.310 e. The Hall–Kier alpha value is -1.61. The molecule has 0 aliphatic heterocycles. The molecule has 0 aliphatic rings. The molecule has 102 valence electrons. The summed E-state index contributed by atoms with van der Waals surface area (Å²) >= 11 is 0. The van der Waals surface area contributed by atoms with Crippen LogP contribution < -0.4 is 5.32 Å². The highest BCUT2D eigenvalue weighted by molar-refractivity contribution is 5.18. The fourth-order valence-electron chi connectivity index (χ4n) is 2.35. The number of nitrogens with one attached hydrogen (secondary N) is 1. The van der Waals surface area contributed by atoms with Gasteiger partial charge in [0.1, 0.15) is 0 Å². The van der Waals surface area contributed by atoms with Crippen molar-refractivity contribution >= 4 is 0 Å². The molecule has 3 nitrogen and oxygen atoms in total. The zero-order valence-corrected chi connectivity index (χ0v) is 11.8. The first-order valence-electron chi connectivity index (χ1n) is 7.05. The Kier molecular flexibility index (Phi) is 5.16. The molecule has 1 N–H and O–H groups in total. The zero-order valence-electron chi connectivity index (χ0n) is 11.8. The third-order valence-corrected chi connectivity index (χ3v) is 3.34. The number of hydrogen-bond donors (Lipinski definition) is 1. The normalized spacial score (nSPS) is 12.5. The molecule has 0 bridgehead atoms. The lowest BCUT2D eigenvalue weighted by molar-refractivity contribution is 0.497. The van der Waals surface area contributed by atoms with Gasteiger partial charge in [-0.2, -0.15) is 5.10 Å². The first-order valence-corrected chi connectivity index (χ1v) is 7.05. The maximum Gasteiger partial charge on any atom is 0.0522 e. The summed E-state index contributed by atoms with van der Waals surface area (Å²) in [5.41, 5.74) is 2.67. The fraction of sp³-hybridized carbons (Fsp3) is 0.438. The van der Waals surface area contributed by atoms with Gasteiger partial charge in [-0.1, -0.05) is 43.7 Å². The van der Waals surface area contributed by atoms with Crippen molar-refractivity contribution in [3.05, 3.63) is 53.9 Å². The monoisotopic (exact) mass is 257 g/mol. The molecule has 1 heterocycles. The van der Waals surface area contributed by atoms with Crippen LogP contribution in [0.5, 0.6) is 0 Å². The molecule has 0 aliphatic carbocycles. The van der Waals surface area contributed by atoms with E-state index in [1.807, 2.05) is 17.9 Å². The Morgan fingerprint density at radius 3 is 2.68 bits per heavy atom. The van der Waals surface area contributed by atoms with Crippen LogP contribution in [0.4, 0.5) is 0 Å². The molecule has 0 saturated carbocycles. The van der Waals surface area contributed by atoms with Gasteiger partial charge < -0.3 is 5.32 Å². The number of benzene rings is 1. The molecule has 1 unspecified atom stereocenters. The van der Waals surface area contributed by atoms with E-state index < -0.39 is 0 Å². The van der Waals surface area contributed by atoms with Gasteiger partial charge >= 0.3 is 0 Å². The van der Waals surface area contributed by atoms with Crippen LogP contribution in [0.1, 0.15) is 36.9 Å². The quantitative estimate of drug-likeness (QED) is 0.826. The van der Waals surface area contributed by atoms with Crippen LogP contribution >= 0.6 is 0 Å². The van der Waals surface area contributed by atoms with Gasteiger partial charge in [0, 0.05) is 19.3 Å². The van der Waals surface area contributed by atoms with Crippen LogP contribution in [-0.2, 0) is 13.5 Å². The van der Waals surface area contributed by atoms with E-state index >= 15 is 0 Å². The fourth-order valence-corrected chi connectivity index (χ4v) is 2.35. The van der Waals surface area contributed by atoms with Crippen molar-refractivity contribution in [3.63, 3.8) is 0 Å². The van der Waals surface area contributed by atoms with Crippen molar-refractivity contribution in [2.75, 3.05) is 6.54 Å². The van der Waals surface area contributed by atoms with Gasteiger partial charge in [-0.25, -0.2) is 0 Å². The highest BCUT2D eigenvalue weighted by Crippen LogP contribution is 2.17. The van der Waals surface area contributed by atoms with Crippen molar-refractivity contribution < 1.29 is 0 Å². The van der Waals surface area contributed by atoms with Crippen molar-refractivity contribution in [2.45, 2.75) is 32.2 Å². The van der Waals surface area contributed by atoms with E-state index in [0.29, 0.717) is 6.04 Å². The molecule has 0 saturated heterocycles. The summed E-state index contributed by atoms with van der Waals surface area (Å²) in [6.45, 7) is 3.23. The van der Waals surface area contributed by atoms with E-state index in [2.05, 4.69) is 53.9 Å². The van der Waals surface area contributed by atoms with E-state index in [-0.39, 0.29) is 0 Å². The van der Waals surface area contributed by atoms with E-state index in [4.69, 9.17) is 0 Å². The summed E-state index contributed by atoms with van der Waals surface area (Å²) in [5.74, 6) is 0. The molecule has 0 fully saturated rings. The highest BCUT2D eigenvalue weighted by Gasteiger charge is 2.09. The van der Waals surface area contributed by atoms with Crippen molar-refractivity contribution in [1.29, 1.82) is 0 Å². The minimum absolute atomic E-state index is 0.461. The SMILES string of the molecule is CCCC(NCCc1cnn(C)c1)c1ccccc1. The summed E-state index contributed by atoms with van der Waals surface area (Å²) in [7, 11) is 1.96. The molecule has 0 spiro atoms. The Balaban J connectivity index is 1.87. The van der Waals surface area contributed by atoms with Gasteiger partial charge in [-0.3, -0.25) is 4.68 Å². The van der Waals surface area contributed by atoms with Crippen LogP contribution in [0, 0.1) is 0 Å². The van der Waals surface area contributed by atoms with Crippen LogP contribution in [0.3, 0.4) is 0 Å². The lowest BCUT2D eigenvalue weighted by atomic mass is 10.0. The molecule has 19 heavy (non-hydrogen) atoms. The summed E-state index contributed by atoms with van der Waals surface area (Å²) in [5, 5.41) is 7.86. The van der Waals surface area contributed by atoms with Gasteiger partial charge in [0.15, 0.2) is 0 Å². The summed E-state index contributed by atoms with van der Waals surface area (Å²) in [6, 6.07) is 11.2. The predicted octanol–water partition coefficient (Wildman–Crippen LogP) is 3.09. The van der Waals surface area contributed by atoms with E-state index in [1.165, 1.54) is 24.0 Å². The number of aromatic nitrogens is 2. The van der Waals surface area contributed by atoms with Crippen LogP contribution in [0.15, 0.2) is 42.7 Å². The van der Waals surface area contributed by atoms with Crippen LogP contribution in [-0.4, -0.2) is 16.3 Å². The summed E-state index contributed by atoms with van der Waals surface area (Å²) in [4.78, 5) is 0. The van der Waals surface area contributed by atoms with Crippen molar-refractivity contribution in [1.82, 2.24) is 15.1 Å². The lowest BCUT2D eigenvalue weighted by Crippen LogP contribution is -2.23. The van der Waals surface area contributed by atoms with Gasteiger partial charge in [0.25, 0.3) is 0 Å². The van der Waals surface area contributed by atoms with E-state index in [1.54, 1.807) is 0 Å². The Morgan fingerprint density at radius 2 is 2.05 bits per heavy atom. The maximum atomic E-state index is 4.20. The molecular weight excluding hydrogens is 234 g/mol. The maximum absolute atomic E-state index is 4.20. The van der Waals surface area contributed by atoms with Gasteiger partial charge in [-0.15, -0.1) is 0 Å². The summed E-state index contributed by atoms with van der Waals surface area (Å²) < 4.78 is 1.86. The predicted molar refractivity (Wildman–Crippen MR) is 79.0 cm³/mol. The highest BCUT2D eigenvalue weighted by atomic mass is 15.2. The minimum atomic E-state index is 0.461. The average molecular weight is 257 g/mol. The van der Waals surface area contributed by atoms with E-state index in [0.717, 1.165) is 13.0 Å². The topological polar surface area (TPSA) is 29.9 Å². The molecule has 2 rings (SSSR count). The largest absolute Gasteiger partial charge is 0.310 e. The second-order valence-electron chi connectivity index (χ2n) is 4.98. The Morgan fingerprint density at radius 1 is 1.26 bits per heavy atom. The second-order valence-corrected chi connectivity index (χ2v) is 4.98. The molecule has 1 atom stereocenters. The number of hydrogen-bond acceptors (Lipinski definition) is 2. The Labute approximate surface area is 115 Å². The first-order chi connectivity index (χ1) is 9.29. The second kappa shape index (κ2) is 7.10. The van der Waals surface area contributed by atoms with Crippen LogP contribution in [0.2, 0.25) is 0 Å². The molecule has 0 amide bonds. The van der Waals surface area contributed by atoms with Crippen LogP contribution in [0.25, 0.3) is 0 Å². The molecule has 0 radical (unpaired) electrons. The molecule has 1 aromatic carbocycles. The number of rotatable bonds is 7. The average Bonchev–Trinajstić information content (AvgIpc) is 2.84. The van der Waals surface area contributed by atoms with Gasteiger partial charge in [0.05, 0.1) is 6.20 Å². The van der Waals surface area contributed by atoms with E-state index in [9.17, 15) is 0 Å². The molecule has 2 aromatic rings. The van der Waals surface area contributed by atoms with Crippen molar-refractivity contribution in [2.24, 2.45) is 7.05 Å². The zero-order chi connectivity index (χ0) is 13.5. The third kappa shape index (κ3) is 4.21.